The van der Waals surface area contributed by atoms with Crippen LogP contribution in [-0.4, -0.2) is 22.4 Å². The van der Waals surface area contributed by atoms with Crippen LogP contribution in [0, 0.1) is 17.0 Å². The fourth-order valence-corrected chi connectivity index (χ4v) is 3.82. The summed E-state index contributed by atoms with van der Waals surface area (Å²) in [5, 5.41) is 15.1. The molecule has 0 atom stereocenters. The minimum atomic E-state index is -0.791. The van der Waals surface area contributed by atoms with E-state index in [9.17, 15) is 19.7 Å². The van der Waals surface area contributed by atoms with Gasteiger partial charge in [-0.1, -0.05) is 15.9 Å². The van der Waals surface area contributed by atoms with Crippen LogP contribution in [0.3, 0.4) is 0 Å². The lowest BCUT2D eigenvalue weighted by atomic mass is 10.1. The lowest BCUT2D eigenvalue weighted by Crippen LogP contribution is -2.30. The smallest absolute Gasteiger partial charge is 0.349 e. The van der Waals surface area contributed by atoms with E-state index in [2.05, 4.69) is 26.2 Å². The van der Waals surface area contributed by atoms with E-state index in [4.69, 9.17) is 4.42 Å². The number of halogens is 1. The van der Waals surface area contributed by atoms with Crippen molar-refractivity contribution >= 4 is 49.4 Å². The molecule has 9 heteroatoms. The number of aromatic nitrogens is 1. The number of nitrogens with zero attached hydrogens (tertiary/aromatic N) is 1. The van der Waals surface area contributed by atoms with Crippen LogP contribution in [0.25, 0.3) is 21.9 Å². The number of carbonyl (C=O) groups excluding carboxylic acids is 1. The van der Waals surface area contributed by atoms with Gasteiger partial charge in [0.25, 0.3) is 11.6 Å². The summed E-state index contributed by atoms with van der Waals surface area (Å²) in [6.45, 7) is 2.28. The quantitative estimate of drug-likeness (QED) is 0.257. The number of hydrogen-bond acceptors (Lipinski definition) is 5. The highest BCUT2D eigenvalue weighted by Crippen LogP contribution is 2.26. The van der Waals surface area contributed by atoms with Gasteiger partial charge in [0.1, 0.15) is 11.1 Å². The van der Waals surface area contributed by atoms with Crippen molar-refractivity contribution in [3.63, 3.8) is 0 Å². The molecule has 4 rings (SSSR count). The number of benzene rings is 2. The third-order valence-electron chi connectivity index (χ3n) is 4.91. The number of hydrogen-bond donors (Lipinski definition) is 2. The standard InChI is InChI=1S/C21H16BrN3O5/c1-11-15(16-10-13(22)2-4-18(16)24-11)6-7-23-20(26)17-9-12-8-14(25(28)29)3-5-19(12)30-21(17)27/h2-5,8-10,24H,6-7H2,1H3,(H,23,26). The number of nitro benzene ring substituents is 1. The number of carbonyl (C=O) groups is 1. The van der Waals surface area contributed by atoms with Crippen molar-refractivity contribution in [3.8, 4) is 0 Å². The van der Waals surface area contributed by atoms with Crippen LogP contribution >= 0.6 is 15.9 Å². The van der Waals surface area contributed by atoms with Gasteiger partial charge in [-0.3, -0.25) is 14.9 Å². The van der Waals surface area contributed by atoms with E-state index in [0.29, 0.717) is 18.4 Å². The first kappa shape index (κ1) is 19.8. The van der Waals surface area contributed by atoms with Crippen molar-refractivity contribution in [2.45, 2.75) is 13.3 Å². The summed E-state index contributed by atoms with van der Waals surface area (Å²) in [5.41, 5.74) is 2.14. The molecule has 4 aromatic rings. The molecule has 0 unspecified atom stereocenters. The molecule has 0 radical (unpaired) electrons. The molecule has 0 fully saturated rings. The number of aromatic amines is 1. The second-order valence-corrected chi connectivity index (χ2v) is 7.77. The largest absolute Gasteiger partial charge is 0.422 e. The van der Waals surface area contributed by atoms with Gasteiger partial charge in [-0.15, -0.1) is 0 Å². The highest BCUT2D eigenvalue weighted by Gasteiger charge is 2.16. The molecule has 0 aliphatic carbocycles. The lowest BCUT2D eigenvalue weighted by molar-refractivity contribution is -0.384. The maximum absolute atomic E-state index is 12.5. The van der Waals surface area contributed by atoms with Crippen LogP contribution in [0.2, 0.25) is 0 Å². The summed E-state index contributed by atoms with van der Waals surface area (Å²) < 4.78 is 6.10. The minimum Gasteiger partial charge on any atom is -0.422 e. The molecular formula is C21H16BrN3O5. The Balaban J connectivity index is 1.54. The Bertz CT molecular complexity index is 1370. The van der Waals surface area contributed by atoms with Crippen molar-refractivity contribution in [1.82, 2.24) is 10.3 Å². The first-order chi connectivity index (χ1) is 14.3. The molecule has 2 N–H and O–H groups in total. The Hall–Kier alpha value is -3.46. The van der Waals surface area contributed by atoms with Crippen molar-refractivity contribution in [2.75, 3.05) is 6.54 Å². The molecule has 152 valence electrons. The Morgan fingerprint density at radius 1 is 1.23 bits per heavy atom. The first-order valence-corrected chi connectivity index (χ1v) is 9.90. The van der Waals surface area contributed by atoms with Gasteiger partial charge in [-0.05, 0) is 49.2 Å². The number of nitrogens with one attached hydrogen (secondary N) is 2. The number of fused-ring (bicyclic) bond motifs is 2. The van der Waals surface area contributed by atoms with Gasteiger partial charge >= 0.3 is 5.63 Å². The van der Waals surface area contributed by atoms with Crippen molar-refractivity contribution < 1.29 is 14.1 Å². The molecule has 2 heterocycles. The van der Waals surface area contributed by atoms with Gasteiger partial charge in [0.15, 0.2) is 0 Å². The summed E-state index contributed by atoms with van der Waals surface area (Å²) in [4.78, 5) is 38.4. The molecule has 2 aromatic heterocycles. The first-order valence-electron chi connectivity index (χ1n) is 9.10. The molecule has 1 amide bonds. The number of nitro groups is 1. The Morgan fingerprint density at radius 2 is 2.03 bits per heavy atom. The van der Waals surface area contributed by atoms with Gasteiger partial charge in [0, 0.05) is 45.1 Å². The van der Waals surface area contributed by atoms with E-state index < -0.39 is 16.5 Å². The fourth-order valence-electron chi connectivity index (χ4n) is 3.46. The zero-order valence-corrected chi connectivity index (χ0v) is 17.4. The van der Waals surface area contributed by atoms with Crippen molar-refractivity contribution in [3.05, 3.63) is 84.3 Å². The monoisotopic (exact) mass is 469 g/mol. The molecule has 2 aromatic carbocycles. The molecule has 8 nitrogen and oxygen atoms in total. The molecule has 0 spiro atoms. The van der Waals surface area contributed by atoms with E-state index in [1.165, 1.54) is 24.3 Å². The van der Waals surface area contributed by atoms with Crippen LogP contribution in [0.4, 0.5) is 5.69 Å². The maximum Gasteiger partial charge on any atom is 0.349 e. The average Bonchev–Trinajstić information content (AvgIpc) is 3.01. The van der Waals surface area contributed by atoms with E-state index in [-0.39, 0.29) is 16.8 Å². The van der Waals surface area contributed by atoms with Crippen LogP contribution in [0.15, 0.2) is 56.1 Å². The van der Waals surface area contributed by atoms with E-state index in [1.54, 1.807) is 0 Å². The Labute approximate surface area is 178 Å². The third kappa shape index (κ3) is 3.71. The summed E-state index contributed by atoms with van der Waals surface area (Å²) >= 11 is 3.47. The predicted octanol–water partition coefficient (Wildman–Crippen LogP) is 4.23. The normalized spacial score (nSPS) is 11.1. The number of amides is 1. The zero-order valence-electron chi connectivity index (χ0n) is 15.8. The molecule has 0 aliphatic rings. The maximum atomic E-state index is 12.5. The fraction of sp³-hybridized carbons (Fsp3) is 0.143. The summed E-state index contributed by atoms with van der Waals surface area (Å²) in [6, 6.07) is 11.1. The van der Waals surface area contributed by atoms with Gasteiger partial charge in [-0.2, -0.15) is 0 Å². The molecule has 0 saturated carbocycles. The second kappa shape index (κ2) is 7.75. The highest BCUT2D eigenvalue weighted by molar-refractivity contribution is 9.10. The predicted molar refractivity (Wildman–Crippen MR) is 116 cm³/mol. The van der Waals surface area contributed by atoms with Crippen LogP contribution in [0.5, 0.6) is 0 Å². The molecule has 0 bridgehead atoms. The van der Waals surface area contributed by atoms with Gasteiger partial charge in [0.05, 0.1) is 4.92 Å². The van der Waals surface area contributed by atoms with Crippen molar-refractivity contribution in [1.29, 1.82) is 0 Å². The number of rotatable bonds is 5. The lowest BCUT2D eigenvalue weighted by Gasteiger charge is -2.06. The summed E-state index contributed by atoms with van der Waals surface area (Å²) in [5.74, 6) is -0.587. The van der Waals surface area contributed by atoms with Crippen LogP contribution < -0.4 is 10.9 Å². The molecule has 0 aliphatic heterocycles. The average molecular weight is 470 g/mol. The van der Waals surface area contributed by atoms with Gasteiger partial charge in [-0.25, -0.2) is 4.79 Å². The number of non-ortho nitro benzene ring substituents is 1. The Morgan fingerprint density at radius 3 is 2.80 bits per heavy atom. The molecular weight excluding hydrogens is 454 g/mol. The third-order valence-corrected chi connectivity index (χ3v) is 5.41. The highest BCUT2D eigenvalue weighted by atomic mass is 79.9. The summed E-state index contributed by atoms with van der Waals surface area (Å²) in [7, 11) is 0. The summed E-state index contributed by atoms with van der Waals surface area (Å²) in [6.07, 6.45) is 0.568. The van der Waals surface area contributed by atoms with Gasteiger partial charge < -0.3 is 14.7 Å². The van der Waals surface area contributed by atoms with E-state index in [0.717, 1.165) is 26.6 Å². The molecule has 0 saturated heterocycles. The second-order valence-electron chi connectivity index (χ2n) is 6.85. The SMILES string of the molecule is Cc1[nH]c2ccc(Br)cc2c1CCNC(=O)c1cc2cc([N+](=O)[O-])ccc2oc1=O. The zero-order chi connectivity index (χ0) is 21.4. The minimum absolute atomic E-state index is 0.149. The topological polar surface area (TPSA) is 118 Å². The Kier molecular flexibility index (Phi) is 5.13. The van der Waals surface area contributed by atoms with Crippen LogP contribution in [0.1, 0.15) is 21.6 Å². The van der Waals surface area contributed by atoms with Crippen molar-refractivity contribution in [2.24, 2.45) is 0 Å². The molecule has 30 heavy (non-hydrogen) atoms. The number of H-pyrrole nitrogens is 1. The van der Waals surface area contributed by atoms with Gasteiger partial charge in [0.2, 0.25) is 0 Å². The number of aryl methyl sites for hydroxylation is 1. The van der Waals surface area contributed by atoms with Crippen LogP contribution in [-0.2, 0) is 6.42 Å². The van der Waals surface area contributed by atoms with E-state index >= 15 is 0 Å². The van der Waals surface area contributed by atoms with E-state index in [1.807, 2.05) is 25.1 Å².